The number of allylic oxidation sites excluding steroid dienone is 2. The summed E-state index contributed by atoms with van der Waals surface area (Å²) in [6, 6.07) is 0. The molecule has 4 saturated carbocycles. The monoisotopic (exact) mass is 1230 g/mol. The second-order valence-electron chi connectivity index (χ2n) is 28.7. The summed E-state index contributed by atoms with van der Waals surface area (Å²) >= 11 is 0. The zero-order valence-electron chi connectivity index (χ0n) is 50.0. The predicted molar refractivity (Wildman–Crippen MR) is 289 cm³/mol. The summed E-state index contributed by atoms with van der Waals surface area (Å²) in [6.45, 7) is 14.9. The highest BCUT2D eigenvalue weighted by Gasteiger charge is 2.70. The largest absolute Gasteiger partial charge is 0.479 e. The van der Waals surface area contributed by atoms with E-state index in [0.717, 1.165) is 12.8 Å². The average Bonchev–Trinajstić information content (AvgIpc) is 0.785. The molecule has 32 unspecified atom stereocenters. The quantitative estimate of drug-likeness (QED) is 0.0488. The number of esters is 1. The molecule has 0 spiro atoms. The number of hydrogen-bond donors (Lipinski definition) is 15. The summed E-state index contributed by atoms with van der Waals surface area (Å²) in [5.74, 6) is -2.22. The van der Waals surface area contributed by atoms with Gasteiger partial charge in [-0.05, 0) is 116 Å². The highest BCUT2D eigenvalue weighted by molar-refractivity contribution is 5.79. The molecule has 10 aliphatic rings. The van der Waals surface area contributed by atoms with Gasteiger partial charge in [0.2, 0.25) is 6.29 Å². The van der Waals surface area contributed by atoms with Crippen molar-refractivity contribution in [3.8, 4) is 0 Å². The molecule has 0 bridgehead atoms. The number of carboxylic acid groups (broad SMARTS) is 1. The Hall–Kier alpha value is -2.24. The van der Waals surface area contributed by atoms with Crippen molar-refractivity contribution in [1.82, 2.24) is 0 Å². The maximum Gasteiger partial charge on any atom is 0.335 e. The van der Waals surface area contributed by atoms with Gasteiger partial charge in [0.1, 0.15) is 104 Å². The van der Waals surface area contributed by atoms with Crippen LogP contribution in [0.5, 0.6) is 0 Å². The molecular weight excluding hydrogens is 1140 g/mol. The van der Waals surface area contributed by atoms with Crippen LogP contribution in [0.15, 0.2) is 11.6 Å². The Labute approximate surface area is 499 Å². The van der Waals surface area contributed by atoms with Crippen molar-refractivity contribution in [2.24, 2.45) is 50.2 Å². The highest BCUT2D eigenvalue weighted by atomic mass is 16.8. The van der Waals surface area contributed by atoms with Gasteiger partial charge in [-0.1, -0.05) is 60.1 Å². The third-order valence-electron chi connectivity index (χ3n) is 23.1. The molecule has 86 heavy (non-hydrogen) atoms. The van der Waals surface area contributed by atoms with E-state index in [0.29, 0.717) is 51.4 Å². The molecule has 0 aromatic rings. The van der Waals surface area contributed by atoms with Gasteiger partial charge in [-0.2, -0.15) is 0 Å². The molecule has 32 atom stereocenters. The molecule has 5 aliphatic carbocycles. The van der Waals surface area contributed by atoms with Crippen molar-refractivity contribution in [3.05, 3.63) is 11.6 Å². The number of carbonyl (C=O) groups is 2. The molecule has 0 amide bonds. The Morgan fingerprint density at radius 1 is 0.547 bits per heavy atom. The Bertz CT molecular complexity index is 2450. The van der Waals surface area contributed by atoms with Gasteiger partial charge < -0.3 is 124 Å². The van der Waals surface area contributed by atoms with Gasteiger partial charge >= 0.3 is 11.9 Å². The van der Waals surface area contributed by atoms with E-state index in [1.807, 2.05) is 0 Å². The maximum absolute atomic E-state index is 15.2. The van der Waals surface area contributed by atoms with Gasteiger partial charge in [-0.3, -0.25) is 4.79 Å². The Morgan fingerprint density at radius 3 is 1.76 bits per heavy atom. The van der Waals surface area contributed by atoms with Gasteiger partial charge in [0.05, 0.1) is 37.4 Å². The predicted octanol–water partition coefficient (Wildman–Crippen LogP) is -2.45. The van der Waals surface area contributed by atoms with E-state index in [9.17, 15) is 81.4 Å². The third kappa shape index (κ3) is 11.0. The van der Waals surface area contributed by atoms with Crippen molar-refractivity contribution in [1.29, 1.82) is 0 Å². The molecule has 9 fully saturated rings. The van der Waals surface area contributed by atoms with Crippen LogP contribution < -0.4 is 0 Å². The molecule has 0 radical (unpaired) electrons. The number of aliphatic hydroxyl groups is 14. The van der Waals surface area contributed by atoms with Gasteiger partial charge in [0, 0.05) is 0 Å². The zero-order chi connectivity index (χ0) is 62.9. The van der Waals surface area contributed by atoms with Crippen LogP contribution in [-0.4, -0.2) is 262 Å². The Morgan fingerprint density at radius 2 is 1.09 bits per heavy atom. The molecule has 492 valence electrons. The molecule has 0 aromatic carbocycles. The smallest absolute Gasteiger partial charge is 0.335 e. The first-order chi connectivity index (χ1) is 40.2. The third-order valence-corrected chi connectivity index (χ3v) is 23.1. The van der Waals surface area contributed by atoms with Crippen LogP contribution in [0.2, 0.25) is 0 Å². The topological polar surface area (TPSA) is 430 Å². The summed E-state index contributed by atoms with van der Waals surface area (Å²) in [5.41, 5.74) is -1.54. The summed E-state index contributed by atoms with van der Waals surface area (Å²) in [7, 11) is 0. The first kappa shape index (κ1) is 66.7. The number of aliphatic carboxylic acids is 1. The van der Waals surface area contributed by atoms with Crippen molar-refractivity contribution >= 4 is 11.9 Å². The van der Waals surface area contributed by atoms with E-state index in [2.05, 4.69) is 54.5 Å². The molecule has 5 aliphatic heterocycles. The molecule has 27 heteroatoms. The van der Waals surface area contributed by atoms with Crippen LogP contribution in [-0.2, 0) is 57.0 Å². The molecule has 15 N–H and O–H groups in total. The number of aliphatic hydroxyl groups excluding tert-OH is 14. The molecule has 0 aromatic heterocycles. The van der Waals surface area contributed by atoms with E-state index in [1.165, 1.54) is 12.5 Å². The van der Waals surface area contributed by atoms with Crippen molar-refractivity contribution in [3.63, 3.8) is 0 Å². The average molecular weight is 1240 g/mol. The summed E-state index contributed by atoms with van der Waals surface area (Å²) in [5, 5.41) is 161. The Kier molecular flexibility index (Phi) is 18.9. The lowest BCUT2D eigenvalue weighted by molar-refractivity contribution is -0.361. The SMILES string of the molecule is CC1OC(OC2C(CO)OC(OCC3OC(OC(=O)C45CCC(C)(C)CC4C4=CCC6C7(C)CCC(OC8OC(C(=O)O)C(OC9OC(CO)C(O)C9O)C(O)C8O)C(C)(C)C7CCC6(C)C4(C)CC5)C(O)C(O)C3O)C(O)C2O)C(O)C(O)C1O. The fraction of sp³-hybridized carbons (Fsp3) is 0.932. The fourth-order valence-corrected chi connectivity index (χ4v) is 17.6. The molecule has 5 saturated heterocycles. The summed E-state index contributed by atoms with van der Waals surface area (Å²) in [4.78, 5) is 27.9. The second kappa shape index (κ2) is 24.3. The van der Waals surface area contributed by atoms with Crippen molar-refractivity contribution in [2.45, 2.75) is 273 Å². The second-order valence-corrected chi connectivity index (χ2v) is 28.7. The van der Waals surface area contributed by atoms with Crippen LogP contribution in [0.25, 0.3) is 0 Å². The highest BCUT2D eigenvalue weighted by Crippen LogP contribution is 2.76. The lowest BCUT2D eigenvalue weighted by Crippen LogP contribution is -2.66. The lowest BCUT2D eigenvalue weighted by atomic mass is 9.33. The van der Waals surface area contributed by atoms with Gasteiger partial charge in [-0.25, -0.2) is 4.79 Å². The van der Waals surface area contributed by atoms with E-state index >= 15 is 4.79 Å². The number of rotatable bonds is 14. The molecule has 27 nitrogen and oxygen atoms in total. The molecule has 10 rings (SSSR count). The van der Waals surface area contributed by atoms with Crippen molar-refractivity contribution < 1.29 is 134 Å². The van der Waals surface area contributed by atoms with Crippen molar-refractivity contribution in [2.75, 3.05) is 19.8 Å². The van der Waals surface area contributed by atoms with Crippen LogP contribution in [0.3, 0.4) is 0 Å². The van der Waals surface area contributed by atoms with E-state index in [-0.39, 0.29) is 39.4 Å². The van der Waals surface area contributed by atoms with E-state index in [1.54, 1.807) is 0 Å². The fourth-order valence-electron chi connectivity index (χ4n) is 17.6. The summed E-state index contributed by atoms with van der Waals surface area (Å²) < 4.78 is 58.4. The number of hydrogen-bond acceptors (Lipinski definition) is 26. The number of carbonyl (C=O) groups excluding carboxylic acids is 1. The first-order valence-electron chi connectivity index (χ1n) is 30.6. The minimum atomic E-state index is -1.90. The standard InChI is InChI=1S/C59H94O27/c1-23-32(62)35(65)40(70)49(78-23)83-44-27(21-61)80-48(42(72)37(44)67)77-22-28-34(64)36(66)41(71)51(81-28)86-53(76)59-17-15-54(2,3)19-25(59)24-9-10-30-56(6)13-12-31(55(4,5)29(56)11-14-58(30,8)57(24,7)16-18-59)82-52-43(73)38(68)45(46(85-52)47(74)75)84-50-39(69)33(63)26(20-60)79-50/h9,23,25-46,48-52,60-73H,10-22H2,1-8H3,(H,74,75). The van der Waals surface area contributed by atoms with Crippen LogP contribution in [0.1, 0.15) is 120 Å². The number of ether oxygens (including phenoxy) is 10. The molecule has 5 heterocycles. The number of carboxylic acids is 1. The lowest BCUT2D eigenvalue weighted by Gasteiger charge is -2.71. The van der Waals surface area contributed by atoms with E-state index < -0.39 is 196 Å². The normalized spacial score (nSPS) is 53.4. The van der Waals surface area contributed by atoms with Gasteiger partial charge in [-0.15, -0.1) is 0 Å². The van der Waals surface area contributed by atoms with E-state index in [4.69, 9.17) is 47.4 Å². The van der Waals surface area contributed by atoms with Gasteiger partial charge in [0.15, 0.2) is 31.3 Å². The van der Waals surface area contributed by atoms with Crippen LogP contribution >= 0.6 is 0 Å². The van der Waals surface area contributed by atoms with Crippen LogP contribution in [0.4, 0.5) is 0 Å². The minimum absolute atomic E-state index is 0.0668. The Balaban J connectivity index is 0.816. The number of fused-ring (bicyclic) bond motifs is 7. The van der Waals surface area contributed by atoms with Gasteiger partial charge in [0.25, 0.3) is 0 Å². The van der Waals surface area contributed by atoms with Crippen LogP contribution in [0, 0.1) is 50.2 Å². The first-order valence-corrected chi connectivity index (χ1v) is 30.6. The zero-order valence-corrected chi connectivity index (χ0v) is 50.0. The minimum Gasteiger partial charge on any atom is -0.479 e. The molecular formula is C59H94O27. The summed E-state index contributed by atoms with van der Waals surface area (Å²) in [6.07, 6.45) is -31.7. The maximum atomic E-state index is 15.2.